The van der Waals surface area contributed by atoms with E-state index in [2.05, 4.69) is 20.6 Å². The molecule has 2 aromatic heterocycles. The van der Waals surface area contributed by atoms with Crippen molar-refractivity contribution < 1.29 is 14.3 Å². The number of pyridine rings is 1. The Hall–Kier alpha value is -4.04. The van der Waals surface area contributed by atoms with Crippen molar-refractivity contribution in [3.8, 4) is 22.8 Å². The molecule has 2 N–H and O–H groups in total. The van der Waals surface area contributed by atoms with E-state index in [0.29, 0.717) is 22.2 Å². The fourth-order valence-electron chi connectivity index (χ4n) is 3.18. The van der Waals surface area contributed by atoms with Gasteiger partial charge in [-0.3, -0.25) is 19.9 Å². The molecule has 33 heavy (non-hydrogen) atoms. The van der Waals surface area contributed by atoms with Crippen LogP contribution in [0.25, 0.3) is 11.3 Å². The van der Waals surface area contributed by atoms with Gasteiger partial charge in [0.1, 0.15) is 11.5 Å². The van der Waals surface area contributed by atoms with Gasteiger partial charge in [-0.05, 0) is 48.9 Å². The van der Waals surface area contributed by atoms with E-state index in [4.69, 9.17) is 4.74 Å². The lowest BCUT2D eigenvalue weighted by Gasteiger charge is -2.13. The average molecular weight is 459 g/mol. The van der Waals surface area contributed by atoms with Gasteiger partial charge in [0.2, 0.25) is 5.91 Å². The van der Waals surface area contributed by atoms with Crippen LogP contribution in [0.2, 0.25) is 0 Å². The van der Waals surface area contributed by atoms with E-state index in [1.807, 2.05) is 42.6 Å². The minimum Gasteiger partial charge on any atom is -0.456 e. The lowest BCUT2D eigenvalue weighted by Crippen LogP contribution is -2.23. The Bertz CT molecular complexity index is 1240. The third-order valence-corrected chi connectivity index (χ3v) is 5.60. The number of thiazole rings is 1. The number of ether oxygens (including phenoxy) is 1. The summed E-state index contributed by atoms with van der Waals surface area (Å²) in [6.45, 7) is 3.44. The van der Waals surface area contributed by atoms with E-state index in [9.17, 15) is 9.59 Å². The van der Waals surface area contributed by atoms with Crippen LogP contribution in [0, 0.1) is 0 Å². The fourth-order valence-corrected chi connectivity index (χ4v) is 3.90. The number of aromatic nitrogens is 2. The highest BCUT2D eigenvalue weighted by atomic mass is 32.1. The quantitative estimate of drug-likeness (QED) is 0.384. The monoisotopic (exact) mass is 458 g/mol. The van der Waals surface area contributed by atoms with E-state index in [1.165, 1.54) is 18.3 Å². The number of carbonyl (C=O) groups is 2. The molecule has 8 heteroatoms. The van der Waals surface area contributed by atoms with Gasteiger partial charge in [0.25, 0.3) is 5.91 Å². The molecular formula is C25H22N4O3S. The summed E-state index contributed by atoms with van der Waals surface area (Å²) in [7, 11) is 0. The molecule has 0 aliphatic carbocycles. The van der Waals surface area contributed by atoms with E-state index in [-0.39, 0.29) is 17.9 Å². The van der Waals surface area contributed by atoms with Gasteiger partial charge in [0.05, 0.1) is 17.9 Å². The second-order valence-corrected chi connectivity index (χ2v) is 8.21. The number of rotatable bonds is 7. The van der Waals surface area contributed by atoms with E-state index < -0.39 is 0 Å². The minimum atomic E-state index is -0.247. The fraction of sp³-hybridized carbons (Fsp3) is 0.120. The Labute approximate surface area is 195 Å². The molecule has 7 nitrogen and oxygen atoms in total. The van der Waals surface area contributed by atoms with Crippen LogP contribution in [-0.4, -0.2) is 21.8 Å². The largest absolute Gasteiger partial charge is 0.456 e. The number of anilines is 1. The SMILES string of the molecule is CC(=O)NC(C)c1ccc(-c2csc(NC(=O)c3ccc(Oc4cccnc4)cc3)n2)cc1. The van der Waals surface area contributed by atoms with Gasteiger partial charge in [0, 0.05) is 29.6 Å². The molecule has 1 atom stereocenters. The highest BCUT2D eigenvalue weighted by Crippen LogP contribution is 2.27. The number of nitrogens with one attached hydrogen (secondary N) is 2. The van der Waals surface area contributed by atoms with Gasteiger partial charge in [-0.2, -0.15) is 0 Å². The molecule has 0 aliphatic rings. The van der Waals surface area contributed by atoms with Crippen molar-refractivity contribution in [2.24, 2.45) is 0 Å². The molecule has 4 aromatic rings. The molecule has 1 unspecified atom stereocenters. The number of hydrogen-bond acceptors (Lipinski definition) is 6. The minimum absolute atomic E-state index is 0.0667. The number of carbonyl (C=O) groups excluding carboxylic acids is 2. The molecule has 0 aliphatic heterocycles. The Kier molecular flexibility index (Phi) is 6.75. The van der Waals surface area contributed by atoms with Crippen molar-refractivity contribution in [2.45, 2.75) is 19.9 Å². The third-order valence-electron chi connectivity index (χ3n) is 4.84. The van der Waals surface area contributed by atoms with E-state index >= 15 is 0 Å². The van der Waals surface area contributed by atoms with Crippen LogP contribution >= 0.6 is 11.3 Å². The zero-order valence-corrected chi connectivity index (χ0v) is 18.9. The zero-order chi connectivity index (χ0) is 23.2. The maximum Gasteiger partial charge on any atom is 0.257 e. The second-order valence-electron chi connectivity index (χ2n) is 7.35. The summed E-state index contributed by atoms with van der Waals surface area (Å²) >= 11 is 1.36. The first-order chi connectivity index (χ1) is 16.0. The maximum absolute atomic E-state index is 12.6. The topological polar surface area (TPSA) is 93.2 Å². The number of nitrogens with zero attached hydrogens (tertiary/aromatic N) is 2. The van der Waals surface area contributed by atoms with Gasteiger partial charge in [-0.25, -0.2) is 4.98 Å². The van der Waals surface area contributed by atoms with E-state index in [0.717, 1.165) is 16.8 Å². The Morgan fingerprint density at radius 2 is 1.76 bits per heavy atom. The predicted molar refractivity (Wildman–Crippen MR) is 128 cm³/mol. The van der Waals surface area contributed by atoms with Crippen LogP contribution in [0.4, 0.5) is 5.13 Å². The van der Waals surface area contributed by atoms with Crippen LogP contribution in [0.15, 0.2) is 78.4 Å². The molecule has 0 fully saturated rings. The Balaban J connectivity index is 1.38. The Morgan fingerprint density at radius 3 is 2.42 bits per heavy atom. The van der Waals surface area contributed by atoms with Crippen molar-refractivity contribution >= 4 is 28.3 Å². The van der Waals surface area contributed by atoms with E-state index in [1.54, 1.807) is 42.7 Å². The molecule has 166 valence electrons. The summed E-state index contributed by atoms with van der Waals surface area (Å²) in [6.07, 6.45) is 3.30. The van der Waals surface area contributed by atoms with Gasteiger partial charge >= 0.3 is 0 Å². The van der Waals surface area contributed by atoms with Crippen LogP contribution in [0.3, 0.4) is 0 Å². The molecule has 0 saturated heterocycles. The number of hydrogen-bond donors (Lipinski definition) is 2. The molecule has 0 spiro atoms. The molecule has 0 radical (unpaired) electrons. The average Bonchev–Trinajstić information content (AvgIpc) is 3.28. The molecule has 2 amide bonds. The summed E-state index contributed by atoms with van der Waals surface area (Å²) in [5.74, 6) is 0.931. The van der Waals surface area contributed by atoms with Gasteiger partial charge in [-0.15, -0.1) is 11.3 Å². The maximum atomic E-state index is 12.6. The lowest BCUT2D eigenvalue weighted by molar-refractivity contribution is -0.119. The molecule has 4 rings (SSSR count). The lowest BCUT2D eigenvalue weighted by atomic mass is 10.1. The molecular weight excluding hydrogens is 436 g/mol. The van der Waals surface area contributed by atoms with Crippen molar-refractivity contribution in [1.29, 1.82) is 0 Å². The van der Waals surface area contributed by atoms with Crippen LogP contribution in [-0.2, 0) is 4.79 Å². The highest BCUT2D eigenvalue weighted by molar-refractivity contribution is 7.14. The number of benzene rings is 2. The van der Waals surface area contributed by atoms with Crippen LogP contribution in [0.5, 0.6) is 11.5 Å². The Morgan fingerprint density at radius 1 is 1.00 bits per heavy atom. The summed E-state index contributed by atoms with van der Waals surface area (Å²) < 4.78 is 5.70. The van der Waals surface area contributed by atoms with Gasteiger partial charge < -0.3 is 10.1 Å². The first-order valence-corrected chi connectivity index (χ1v) is 11.2. The second kappa shape index (κ2) is 10.1. The summed E-state index contributed by atoms with van der Waals surface area (Å²) in [5.41, 5.74) is 3.21. The zero-order valence-electron chi connectivity index (χ0n) is 18.1. The molecule has 2 heterocycles. The van der Waals surface area contributed by atoms with Crippen LogP contribution in [0.1, 0.15) is 35.8 Å². The first-order valence-electron chi connectivity index (χ1n) is 10.3. The van der Waals surface area contributed by atoms with Gasteiger partial charge in [-0.1, -0.05) is 24.3 Å². The standard InChI is InChI=1S/C25H22N4O3S/c1-16(27-17(2)30)18-5-7-19(8-6-18)23-15-33-25(28-23)29-24(31)20-9-11-21(12-10-20)32-22-4-3-13-26-14-22/h3-16H,1-2H3,(H,27,30)(H,28,29,31). The van der Waals surface area contributed by atoms with Crippen LogP contribution < -0.4 is 15.4 Å². The first kappa shape index (κ1) is 22.2. The molecule has 0 bridgehead atoms. The normalized spacial score (nSPS) is 11.5. The summed E-state index contributed by atoms with van der Waals surface area (Å²) in [4.78, 5) is 32.4. The smallest absolute Gasteiger partial charge is 0.257 e. The summed E-state index contributed by atoms with van der Waals surface area (Å²) in [6, 6.07) is 18.2. The van der Waals surface area contributed by atoms with Crippen molar-refractivity contribution in [3.63, 3.8) is 0 Å². The molecule has 0 saturated carbocycles. The summed E-state index contributed by atoms with van der Waals surface area (Å²) in [5, 5.41) is 8.11. The molecule has 2 aromatic carbocycles. The number of amides is 2. The highest BCUT2D eigenvalue weighted by Gasteiger charge is 2.12. The predicted octanol–water partition coefficient (Wildman–Crippen LogP) is 5.45. The van der Waals surface area contributed by atoms with Crippen molar-refractivity contribution in [1.82, 2.24) is 15.3 Å². The van der Waals surface area contributed by atoms with Gasteiger partial charge in [0.15, 0.2) is 5.13 Å². The third kappa shape index (κ3) is 5.81. The van der Waals surface area contributed by atoms with Crippen molar-refractivity contribution in [2.75, 3.05) is 5.32 Å². The van der Waals surface area contributed by atoms with Crippen molar-refractivity contribution in [3.05, 3.63) is 89.6 Å².